The summed E-state index contributed by atoms with van der Waals surface area (Å²) in [5.41, 5.74) is 33.0. The number of benzene rings is 17. The molecule has 26 aromatic rings. The van der Waals surface area contributed by atoms with Crippen molar-refractivity contribution in [1.29, 1.82) is 0 Å². The van der Waals surface area contributed by atoms with Crippen molar-refractivity contribution < 1.29 is 0 Å². The van der Waals surface area contributed by atoms with Crippen molar-refractivity contribution >= 4 is 131 Å². The van der Waals surface area contributed by atoms with E-state index in [-0.39, 0.29) is 0 Å². The summed E-state index contributed by atoms with van der Waals surface area (Å²) in [6.07, 6.45) is 11.6. The summed E-state index contributed by atoms with van der Waals surface area (Å²) in [6, 6.07) is 155. The molecule has 0 fully saturated rings. The molecule has 0 aliphatic heterocycles. The van der Waals surface area contributed by atoms with Crippen molar-refractivity contribution in [1.82, 2.24) is 42.4 Å². The highest BCUT2D eigenvalue weighted by Gasteiger charge is 2.22. The highest BCUT2D eigenvalue weighted by atomic mass is 15.0. The zero-order valence-electron chi connectivity index (χ0n) is 68.5. The summed E-state index contributed by atoms with van der Waals surface area (Å²) >= 11 is 0. The van der Waals surface area contributed by atoms with Gasteiger partial charge in [0.05, 0.1) is 84.8 Å². The fourth-order valence-corrected chi connectivity index (χ4v) is 19.5. The van der Waals surface area contributed by atoms with Crippen LogP contribution in [0.2, 0.25) is 0 Å². The van der Waals surface area contributed by atoms with Gasteiger partial charge >= 0.3 is 0 Å². The van der Waals surface area contributed by atoms with E-state index >= 15 is 0 Å². The van der Waals surface area contributed by atoms with Crippen molar-refractivity contribution in [2.24, 2.45) is 0 Å². The van der Waals surface area contributed by atoms with Gasteiger partial charge < -0.3 is 27.4 Å². The number of hydrogen-bond donors (Lipinski definition) is 0. The van der Waals surface area contributed by atoms with Crippen molar-refractivity contribution in [2.45, 2.75) is 0 Å². The Morgan fingerprint density at radius 2 is 0.341 bits per heavy atom. The van der Waals surface area contributed by atoms with Gasteiger partial charge in [-0.15, -0.1) is 0 Å². The maximum Gasteiger partial charge on any atom is 0.0724 e. The van der Waals surface area contributed by atoms with Crippen molar-refractivity contribution in [3.63, 3.8) is 0 Å². The van der Waals surface area contributed by atoms with Gasteiger partial charge in [0.1, 0.15) is 0 Å². The van der Waals surface area contributed by atoms with Crippen molar-refractivity contribution in [2.75, 3.05) is 0 Å². The number of rotatable bonds is 11. The first kappa shape index (κ1) is 73.0. The van der Waals surface area contributed by atoms with Gasteiger partial charge in [-0.25, -0.2) is 0 Å². The Balaban J connectivity index is 0.000000106. The number of fused-ring (bicyclic) bond motifs is 18. The molecule has 0 atom stereocenters. The average Bonchev–Trinajstić information content (AvgIpc) is 1.67. The molecule has 9 heterocycles. The molecule has 0 unspecified atom stereocenters. The fraction of sp³-hybridized carbons (Fsp3) is 0. The summed E-state index contributed by atoms with van der Waals surface area (Å²) in [5, 5.41) is 14.8. The molecule has 0 saturated heterocycles. The van der Waals surface area contributed by atoms with Crippen LogP contribution in [0, 0.1) is 0 Å². The van der Waals surface area contributed by atoms with Gasteiger partial charge in [-0.05, 0) is 219 Å². The third kappa shape index (κ3) is 12.4. The zero-order valence-corrected chi connectivity index (χ0v) is 68.5. The van der Waals surface area contributed by atoms with Crippen LogP contribution >= 0.6 is 0 Å². The number of nitrogens with zero attached hydrogens (tertiary/aromatic N) is 9. The molecule has 0 aliphatic rings. The van der Waals surface area contributed by atoms with Crippen molar-refractivity contribution in [3.8, 4) is 89.8 Å². The van der Waals surface area contributed by atoms with Gasteiger partial charge in [0.2, 0.25) is 0 Å². The molecule has 26 rings (SSSR count). The number of pyridine rings is 3. The van der Waals surface area contributed by atoms with E-state index in [4.69, 9.17) is 0 Å². The molecule has 0 aliphatic carbocycles. The standard InChI is InChI=1S/2C41H27N3.C35H23N3/c1-3-10-28(11-4-1)29-12-9-15-33(24-29)44-40-26-31(18-20-35(40)36-22-23-42-27-41(36)44)30-19-21-39-37(25-30)34-16-7-8-17-38(34)43(39)32-13-5-2-6-14-32;1-3-9-28(10-4-1)29-15-19-33(20-16-29)44-40-26-31(17-21-35(40)36-23-24-42-27-41(36)44)30-18-22-39-37(25-30)34-13-7-8-14-38(34)43(39)32-11-5-2-6-12-32;1-3-9-26(10-4-1)37-32-14-8-7-13-28(32)29-17-15-25(22-34(29)37)24-16-18-33-31(21-24)30-19-20-36-23-35(30)38(33)27-11-5-2-6-12-27/h2*1-27H;1-23H. The largest absolute Gasteiger partial charge is 0.309 e. The third-order valence-electron chi connectivity index (χ3n) is 25.2. The van der Waals surface area contributed by atoms with Gasteiger partial charge in [0, 0.05) is 117 Å². The van der Waals surface area contributed by atoms with Gasteiger partial charge in [0.15, 0.2) is 0 Å². The van der Waals surface area contributed by atoms with E-state index in [1.807, 2.05) is 37.2 Å². The minimum Gasteiger partial charge on any atom is -0.309 e. The summed E-state index contributed by atoms with van der Waals surface area (Å²) < 4.78 is 14.1. The van der Waals surface area contributed by atoms with E-state index in [9.17, 15) is 0 Å². The smallest absolute Gasteiger partial charge is 0.0724 e. The van der Waals surface area contributed by atoms with E-state index in [0.29, 0.717) is 0 Å². The Kier molecular flexibility index (Phi) is 17.7. The first-order valence-corrected chi connectivity index (χ1v) is 42.8. The van der Waals surface area contributed by atoms with Crippen LogP contribution in [-0.4, -0.2) is 42.4 Å². The second-order valence-corrected chi connectivity index (χ2v) is 32.3. The molecule has 9 aromatic heterocycles. The molecule has 0 radical (unpaired) electrons. The first-order chi connectivity index (χ1) is 62.5. The molecule has 590 valence electrons. The summed E-state index contributed by atoms with van der Waals surface area (Å²) in [4.78, 5) is 13.5. The predicted molar refractivity (Wildman–Crippen MR) is 526 cm³/mol. The molecule has 9 nitrogen and oxygen atoms in total. The quantitative estimate of drug-likeness (QED) is 0.130. The Hall–Kier alpha value is -17.0. The van der Waals surface area contributed by atoms with E-state index in [0.717, 1.165) is 33.6 Å². The normalized spacial score (nSPS) is 11.7. The Bertz CT molecular complexity index is 8680. The fourth-order valence-electron chi connectivity index (χ4n) is 19.5. The molecule has 0 spiro atoms. The summed E-state index contributed by atoms with van der Waals surface area (Å²) in [6.45, 7) is 0. The van der Waals surface area contributed by atoms with Crippen LogP contribution < -0.4 is 0 Å². The lowest BCUT2D eigenvalue weighted by molar-refractivity contribution is 1.17. The summed E-state index contributed by atoms with van der Waals surface area (Å²) in [5.74, 6) is 0. The highest BCUT2D eigenvalue weighted by Crippen LogP contribution is 2.44. The molecule has 0 amide bonds. The molecule has 126 heavy (non-hydrogen) atoms. The molecule has 17 aromatic carbocycles. The zero-order chi connectivity index (χ0) is 83.1. The number of hydrogen-bond acceptors (Lipinski definition) is 3. The number of aromatic nitrogens is 9. The van der Waals surface area contributed by atoms with E-state index < -0.39 is 0 Å². The van der Waals surface area contributed by atoms with E-state index in [1.54, 1.807) is 0 Å². The SMILES string of the molecule is c1ccc(-c2ccc(-n3c4cnccc4c4ccc(-c5ccc6c(c5)c5ccccc5n6-c5ccccc5)cc43)cc2)cc1.c1ccc(-c2cccc(-n3c4cnccc4c4ccc(-c5ccc6c(c5)c5ccccc5n6-c5ccccc5)cc43)c2)cc1.c1ccc(-n2c3ccc(-c4ccc5c6ccccc6n(-c6ccccc6)c5c4)cc3c3ccncc32)cc1. The lowest BCUT2D eigenvalue weighted by Gasteiger charge is -2.11. The van der Waals surface area contributed by atoms with E-state index in [1.165, 1.54) is 187 Å². The topological polar surface area (TPSA) is 68.2 Å². The predicted octanol–water partition coefficient (Wildman–Crippen LogP) is 30.2. The van der Waals surface area contributed by atoms with Crippen molar-refractivity contribution in [3.05, 3.63) is 468 Å². The molecule has 9 heteroatoms. The Morgan fingerprint density at radius 1 is 0.119 bits per heavy atom. The van der Waals surface area contributed by atoms with Gasteiger partial charge in [-0.3, -0.25) is 15.0 Å². The van der Waals surface area contributed by atoms with Crippen LogP contribution in [-0.2, 0) is 0 Å². The van der Waals surface area contributed by atoms with Crippen LogP contribution in [0.15, 0.2) is 468 Å². The van der Waals surface area contributed by atoms with Gasteiger partial charge in [-0.2, -0.15) is 0 Å². The monoisotopic (exact) mass is 1610 g/mol. The van der Waals surface area contributed by atoms with Crippen LogP contribution in [0.3, 0.4) is 0 Å². The third-order valence-corrected chi connectivity index (χ3v) is 25.2. The van der Waals surface area contributed by atoms with Crippen LogP contribution in [0.5, 0.6) is 0 Å². The lowest BCUT2D eigenvalue weighted by Crippen LogP contribution is -1.95. The molecular weight excluding hydrogens is 1530 g/mol. The number of para-hydroxylation sites is 7. The highest BCUT2D eigenvalue weighted by molar-refractivity contribution is 6.17. The van der Waals surface area contributed by atoms with E-state index in [2.05, 4.69) is 473 Å². The molecule has 0 bridgehead atoms. The van der Waals surface area contributed by atoms with Crippen LogP contribution in [0.25, 0.3) is 221 Å². The van der Waals surface area contributed by atoms with Gasteiger partial charge in [0.25, 0.3) is 0 Å². The lowest BCUT2D eigenvalue weighted by atomic mass is 10.0. The summed E-state index contributed by atoms with van der Waals surface area (Å²) in [7, 11) is 0. The second kappa shape index (κ2) is 30.6. The minimum absolute atomic E-state index is 1.10. The second-order valence-electron chi connectivity index (χ2n) is 32.3. The van der Waals surface area contributed by atoms with Crippen LogP contribution in [0.1, 0.15) is 0 Å². The van der Waals surface area contributed by atoms with Crippen LogP contribution in [0.4, 0.5) is 0 Å². The maximum atomic E-state index is 4.52. The molecule has 0 N–H and O–H groups in total. The Morgan fingerprint density at radius 3 is 0.730 bits per heavy atom. The van der Waals surface area contributed by atoms with Gasteiger partial charge in [-0.1, -0.05) is 267 Å². The molecule has 0 saturated carbocycles. The first-order valence-electron chi connectivity index (χ1n) is 42.8. The maximum absolute atomic E-state index is 4.52. The average molecular weight is 1610 g/mol. The Labute approximate surface area is 726 Å². The molecular formula is C117H77N9. The minimum atomic E-state index is 1.10.